The number of carbonyl (C=O) groups is 1. The van der Waals surface area contributed by atoms with Gasteiger partial charge < -0.3 is 15.2 Å². The van der Waals surface area contributed by atoms with Crippen LogP contribution in [0.15, 0.2) is 66.7 Å². The van der Waals surface area contributed by atoms with Crippen LogP contribution in [-0.4, -0.2) is 18.1 Å². The Bertz CT molecular complexity index is 1020. The number of hydrogen-bond donors (Lipinski definition) is 2. The number of amides is 1. The summed E-state index contributed by atoms with van der Waals surface area (Å²) in [4.78, 5) is 12.4. The molecule has 4 nitrogen and oxygen atoms in total. The van der Waals surface area contributed by atoms with Crippen molar-refractivity contribution in [1.82, 2.24) is 0 Å². The Morgan fingerprint density at radius 2 is 1.77 bits per heavy atom. The predicted octanol–water partition coefficient (Wildman–Crippen LogP) is 4.56. The highest BCUT2D eigenvalue weighted by molar-refractivity contribution is 6.35. The van der Waals surface area contributed by atoms with Gasteiger partial charge in [0.15, 0.2) is 0 Å². The topological polar surface area (TPSA) is 58.6 Å². The average molecular weight is 343 g/mol. The molecule has 0 unspecified atom stereocenters. The third-order valence-electron chi connectivity index (χ3n) is 4.45. The van der Waals surface area contributed by atoms with Gasteiger partial charge in [0.25, 0.3) is 5.91 Å². The molecule has 4 heteroatoms. The molecule has 0 radical (unpaired) electrons. The number of hydrogen-bond acceptors (Lipinski definition) is 3. The van der Waals surface area contributed by atoms with Crippen molar-refractivity contribution in [2.45, 2.75) is 0 Å². The maximum absolute atomic E-state index is 12.4. The van der Waals surface area contributed by atoms with E-state index in [1.807, 2.05) is 48.5 Å². The van der Waals surface area contributed by atoms with Gasteiger partial charge in [-0.3, -0.25) is 4.79 Å². The van der Waals surface area contributed by atoms with E-state index in [1.54, 1.807) is 18.2 Å². The van der Waals surface area contributed by atoms with Crippen molar-refractivity contribution < 1.29 is 14.6 Å². The Labute approximate surface area is 151 Å². The molecule has 2 N–H and O–H groups in total. The fourth-order valence-electron chi connectivity index (χ4n) is 3.08. The van der Waals surface area contributed by atoms with Crippen molar-refractivity contribution in [2.75, 3.05) is 12.4 Å². The minimum atomic E-state index is -0.180. The number of carbonyl (C=O) groups excluding carboxylic acids is 1. The van der Waals surface area contributed by atoms with Crippen LogP contribution in [0.2, 0.25) is 0 Å². The van der Waals surface area contributed by atoms with Crippen molar-refractivity contribution in [1.29, 1.82) is 0 Å². The van der Waals surface area contributed by atoms with E-state index < -0.39 is 0 Å². The van der Waals surface area contributed by atoms with Crippen molar-refractivity contribution in [3.63, 3.8) is 0 Å². The summed E-state index contributed by atoms with van der Waals surface area (Å²) < 4.78 is 5.09. The van der Waals surface area contributed by atoms with Crippen molar-refractivity contribution in [2.24, 2.45) is 0 Å². The van der Waals surface area contributed by atoms with Gasteiger partial charge in [0.05, 0.1) is 7.11 Å². The fraction of sp³-hybridized carbons (Fsp3) is 0.0455. The lowest BCUT2D eigenvalue weighted by atomic mass is 9.99. The summed E-state index contributed by atoms with van der Waals surface area (Å²) in [6.45, 7) is 0. The summed E-state index contributed by atoms with van der Waals surface area (Å²) in [7, 11) is 1.54. The first-order valence-electron chi connectivity index (χ1n) is 8.25. The number of phenolic OH excluding ortho intramolecular Hbond substituents is 1. The summed E-state index contributed by atoms with van der Waals surface area (Å²) in [5.41, 5.74) is 4.82. The molecule has 0 fully saturated rings. The molecule has 4 rings (SSSR count). The molecule has 1 heterocycles. The first-order valence-corrected chi connectivity index (χ1v) is 8.25. The average Bonchev–Trinajstić information content (AvgIpc) is 2.98. The Morgan fingerprint density at radius 1 is 0.962 bits per heavy atom. The highest BCUT2D eigenvalue weighted by atomic mass is 16.5. The van der Waals surface area contributed by atoms with Gasteiger partial charge in [-0.15, -0.1) is 0 Å². The van der Waals surface area contributed by atoms with Crippen LogP contribution in [0.3, 0.4) is 0 Å². The highest BCUT2D eigenvalue weighted by Crippen LogP contribution is 2.37. The van der Waals surface area contributed by atoms with Crippen molar-refractivity contribution in [3.8, 4) is 22.6 Å². The number of rotatable bonds is 3. The monoisotopic (exact) mass is 343 g/mol. The molecule has 3 aromatic rings. The maximum Gasteiger partial charge on any atom is 0.256 e. The van der Waals surface area contributed by atoms with Gasteiger partial charge in [0.2, 0.25) is 0 Å². The first-order chi connectivity index (χ1) is 12.7. The molecule has 0 spiro atoms. The molecule has 1 aliphatic rings. The fourth-order valence-corrected chi connectivity index (χ4v) is 3.08. The quantitative estimate of drug-likeness (QED) is 0.685. The molecule has 0 saturated carbocycles. The van der Waals surface area contributed by atoms with E-state index >= 15 is 0 Å². The molecule has 1 amide bonds. The van der Waals surface area contributed by atoms with Crippen LogP contribution in [0.4, 0.5) is 5.69 Å². The molecule has 0 atom stereocenters. The number of anilines is 1. The number of aromatic hydroxyl groups is 1. The summed E-state index contributed by atoms with van der Waals surface area (Å²) in [5, 5.41) is 13.1. The first kappa shape index (κ1) is 16.0. The van der Waals surface area contributed by atoms with Crippen molar-refractivity contribution >= 4 is 23.2 Å². The van der Waals surface area contributed by atoms with Crippen LogP contribution < -0.4 is 10.1 Å². The van der Waals surface area contributed by atoms with Gasteiger partial charge in [-0.2, -0.15) is 0 Å². The zero-order chi connectivity index (χ0) is 18.1. The van der Waals surface area contributed by atoms with Gasteiger partial charge in [0, 0.05) is 28.5 Å². The molecule has 0 aliphatic carbocycles. The minimum absolute atomic E-state index is 0.0685. The Morgan fingerprint density at radius 3 is 2.50 bits per heavy atom. The third-order valence-corrected chi connectivity index (χ3v) is 4.45. The minimum Gasteiger partial charge on any atom is -0.507 e. The lowest BCUT2D eigenvalue weighted by Crippen LogP contribution is -2.03. The van der Waals surface area contributed by atoms with E-state index in [0.29, 0.717) is 16.9 Å². The largest absolute Gasteiger partial charge is 0.507 e. The third kappa shape index (κ3) is 2.82. The lowest BCUT2D eigenvalue weighted by Gasteiger charge is -2.06. The smallest absolute Gasteiger partial charge is 0.256 e. The predicted molar refractivity (Wildman–Crippen MR) is 103 cm³/mol. The second-order valence-corrected chi connectivity index (χ2v) is 6.06. The van der Waals surface area contributed by atoms with Crippen molar-refractivity contribution in [3.05, 3.63) is 77.9 Å². The van der Waals surface area contributed by atoms with E-state index in [4.69, 9.17) is 4.74 Å². The number of benzene rings is 3. The summed E-state index contributed by atoms with van der Waals surface area (Å²) >= 11 is 0. The highest BCUT2D eigenvalue weighted by Gasteiger charge is 2.24. The number of ether oxygens (including phenoxy) is 1. The zero-order valence-corrected chi connectivity index (χ0v) is 14.2. The van der Waals surface area contributed by atoms with Crippen LogP contribution in [0, 0.1) is 0 Å². The molecule has 0 saturated heterocycles. The normalized spacial score (nSPS) is 14.2. The number of phenols is 1. The molecule has 1 aliphatic heterocycles. The van der Waals surface area contributed by atoms with E-state index in [-0.39, 0.29) is 11.7 Å². The molecule has 0 bridgehead atoms. The SMILES string of the molecule is COc1ccc(C=C2C(=O)Nc3cc(-c4ccccc4)ccc32)c(O)c1. The molecule has 3 aromatic carbocycles. The van der Waals surface area contributed by atoms with Crippen LogP contribution in [-0.2, 0) is 4.79 Å². The molecular formula is C22H17NO3. The van der Waals surface area contributed by atoms with Gasteiger partial charge in [-0.25, -0.2) is 0 Å². The second-order valence-electron chi connectivity index (χ2n) is 6.06. The standard InChI is InChI=1S/C22H17NO3/c1-26-17-9-7-16(21(24)13-17)11-19-18-10-8-15(12-20(18)23-22(19)25)14-5-3-2-4-6-14/h2-13,24H,1H3,(H,23,25). The Balaban J connectivity index is 1.74. The summed E-state index contributed by atoms with van der Waals surface area (Å²) in [5.74, 6) is 0.452. The molecule has 128 valence electrons. The lowest BCUT2D eigenvalue weighted by molar-refractivity contribution is -0.110. The Hall–Kier alpha value is -3.53. The second kappa shape index (κ2) is 6.41. The molecule has 0 aromatic heterocycles. The van der Waals surface area contributed by atoms with Gasteiger partial charge in [0.1, 0.15) is 11.5 Å². The van der Waals surface area contributed by atoms with Gasteiger partial charge >= 0.3 is 0 Å². The number of methoxy groups -OCH3 is 1. The Kier molecular flexibility index (Phi) is 3.93. The van der Waals surface area contributed by atoms with E-state index in [0.717, 1.165) is 22.4 Å². The molecular weight excluding hydrogens is 326 g/mol. The number of fused-ring (bicyclic) bond motifs is 1. The maximum atomic E-state index is 12.4. The van der Waals surface area contributed by atoms with E-state index in [2.05, 4.69) is 5.32 Å². The van der Waals surface area contributed by atoms with E-state index in [1.165, 1.54) is 13.2 Å². The van der Waals surface area contributed by atoms with Gasteiger partial charge in [-0.05, 0) is 35.4 Å². The van der Waals surface area contributed by atoms with E-state index in [9.17, 15) is 9.90 Å². The molecule has 26 heavy (non-hydrogen) atoms. The zero-order valence-electron chi connectivity index (χ0n) is 14.2. The van der Waals surface area contributed by atoms with Crippen LogP contribution in [0.5, 0.6) is 11.5 Å². The van der Waals surface area contributed by atoms with Gasteiger partial charge in [-0.1, -0.05) is 42.5 Å². The van der Waals surface area contributed by atoms with Crippen LogP contribution in [0.25, 0.3) is 22.8 Å². The van der Waals surface area contributed by atoms with Crippen LogP contribution >= 0.6 is 0 Å². The van der Waals surface area contributed by atoms with Crippen LogP contribution in [0.1, 0.15) is 11.1 Å². The summed E-state index contributed by atoms with van der Waals surface area (Å²) in [6, 6.07) is 20.9. The number of nitrogens with one attached hydrogen (secondary N) is 1. The summed E-state index contributed by atoms with van der Waals surface area (Å²) in [6.07, 6.45) is 1.69.